The third kappa shape index (κ3) is 3.45. The minimum absolute atomic E-state index is 0.00607. The number of rotatable bonds is 4. The summed E-state index contributed by atoms with van der Waals surface area (Å²) < 4.78 is 20.0. The second kappa shape index (κ2) is 7.25. The molecule has 8 heteroatoms. The average molecular weight is 361 g/mol. The fourth-order valence-corrected chi connectivity index (χ4v) is 3.12. The standard InChI is InChI=1S/C18H20FN3O4/c1-11-15(9-17(23)21-7-8-26-10-16(21)18(24)25)12(2)22(20-11)14-5-3-13(19)4-6-14/h3-6,16H,7-10H2,1-2H3,(H,24,25). The molecule has 1 aliphatic heterocycles. The second-order valence-corrected chi connectivity index (χ2v) is 6.23. The van der Waals surface area contributed by atoms with Crippen LogP contribution in [0.3, 0.4) is 0 Å². The Labute approximate surface area is 150 Å². The highest BCUT2D eigenvalue weighted by Crippen LogP contribution is 2.20. The van der Waals surface area contributed by atoms with E-state index in [4.69, 9.17) is 4.74 Å². The first-order valence-corrected chi connectivity index (χ1v) is 8.29. The van der Waals surface area contributed by atoms with Gasteiger partial charge in [0.2, 0.25) is 5.91 Å². The molecule has 1 N–H and O–H groups in total. The Bertz CT molecular complexity index is 832. The highest BCUT2D eigenvalue weighted by atomic mass is 19.1. The molecule has 1 aromatic heterocycles. The van der Waals surface area contributed by atoms with Crippen molar-refractivity contribution in [1.82, 2.24) is 14.7 Å². The fourth-order valence-electron chi connectivity index (χ4n) is 3.12. The van der Waals surface area contributed by atoms with Crippen molar-refractivity contribution in [2.75, 3.05) is 19.8 Å². The van der Waals surface area contributed by atoms with Gasteiger partial charge in [-0.05, 0) is 38.1 Å². The van der Waals surface area contributed by atoms with Gasteiger partial charge in [0.1, 0.15) is 5.82 Å². The average Bonchev–Trinajstić information content (AvgIpc) is 2.90. The number of morpholine rings is 1. The van der Waals surface area contributed by atoms with Gasteiger partial charge in [0.25, 0.3) is 0 Å². The predicted octanol–water partition coefficient (Wildman–Crippen LogP) is 1.48. The molecule has 7 nitrogen and oxygen atoms in total. The molecule has 3 rings (SSSR count). The van der Waals surface area contributed by atoms with Crippen molar-refractivity contribution in [3.63, 3.8) is 0 Å². The molecule has 26 heavy (non-hydrogen) atoms. The summed E-state index contributed by atoms with van der Waals surface area (Å²) in [4.78, 5) is 25.4. The molecule has 1 fully saturated rings. The van der Waals surface area contributed by atoms with E-state index in [1.807, 2.05) is 6.92 Å². The van der Waals surface area contributed by atoms with Crippen LogP contribution in [0.1, 0.15) is 17.0 Å². The number of benzene rings is 1. The van der Waals surface area contributed by atoms with E-state index < -0.39 is 12.0 Å². The van der Waals surface area contributed by atoms with Crippen LogP contribution in [-0.2, 0) is 20.7 Å². The van der Waals surface area contributed by atoms with E-state index in [0.717, 1.165) is 11.3 Å². The van der Waals surface area contributed by atoms with Crippen molar-refractivity contribution >= 4 is 11.9 Å². The van der Waals surface area contributed by atoms with Gasteiger partial charge in [0.05, 0.1) is 31.0 Å². The number of aryl methyl sites for hydroxylation is 1. The van der Waals surface area contributed by atoms with E-state index in [2.05, 4.69) is 5.10 Å². The van der Waals surface area contributed by atoms with Gasteiger partial charge in [-0.25, -0.2) is 13.9 Å². The molecule has 0 saturated carbocycles. The van der Waals surface area contributed by atoms with Crippen molar-refractivity contribution in [1.29, 1.82) is 0 Å². The molecular formula is C18H20FN3O4. The van der Waals surface area contributed by atoms with Crippen LogP contribution in [0.2, 0.25) is 0 Å². The van der Waals surface area contributed by atoms with E-state index in [1.165, 1.54) is 17.0 Å². The van der Waals surface area contributed by atoms with Crippen LogP contribution < -0.4 is 0 Å². The number of hydrogen-bond acceptors (Lipinski definition) is 4. The Morgan fingerprint density at radius 2 is 2.00 bits per heavy atom. The number of carboxylic acids is 1. The Morgan fingerprint density at radius 3 is 2.65 bits per heavy atom. The van der Waals surface area contributed by atoms with Gasteiger partial charge < -0.3 is 14.7 Å². The predicted molar refractivity (Wildman–Crippen MR) is 90.7 cm³/mol. The zero-order valence-corrected chi connectivity index (χ0v) is 14.6. The summed E-state index contributed by atoms with van der Waals surface area (Å²) in [5, 5.41) is 13.7. The third-order valence-electron chi connectivity index (χ3n) is 4.57. The second-order valence-electron chi connectivity index (χ2n) is 6.23. The van der Waals surface area contributed by atoms with Crippen molar-refractivity contribution in [3.05, 3.63) is 47.0 Å². The zero-order valence-electron chi connectivity index (χ0n) is 14.6. The molecule has 0 spiro atoms. The van der Waals surface area contributed by atoms with Crippen molar-refractivity contribution in [2.24, 2.45) is 0 Å². The van der Waals surface area contributed by atoms with E-state index in [9.17, 15) is 19.1 Å². The highest BCUT2D eigenvalue weighted by Gasteiger charge is 2.33. The molecule has 0 aliphatic carbocycles. The minimum atomic E-state index is -1.08. The normalized spacial score (nSPS) is 17.3. The lowest BCUT2D eigenvalue weighted by Gasteiger charge is -2.33. The lowest BCUT2D eigenvalue weighted by atomic mass is 10.1. The number of carbonyl (C=O) groups is 2. The first-order chi connectivity index (χ1) is 12.4. The number of halogens is 1. The number of ether oxygens (including phenoxy) is 1. The van der Waals surface area contributed by atoms with Gasteiger partial charge in [0.15, 0.2) is 6.04 Å². The summed E-state index contributed by atoms with van der Waals surface area (Å²) >= 11 is 0. The van der Waals surface area contributed by atoms with Crippen molar-refractivity contribution in [2.45, 2.75) is 26.3 Å². The summed E-state index contributed by atoms with van der Waals surface area (Å²) in [5.74, 6) is -1.68. The van der Waals surface area contributed by atoms with Crippen LogP contribution in [0.4, 0.5) is 4.39 Å². The molecule has 138 valence electrons. The van der Waals surface area contributed by atoms with E-state index in [0.29, 0.717) is 18.0 Å². The summed E-state index contributed by atoms with van der Waals surface area (Å²) in [6.45, 7) is 4.19. The number of carboxylic acid groups (broad SMARTS) is 1. The fraction of sp³-hybridized carbons (Fsp3) is 0.389. The molecule has 1 saturated heterocycles. The SMILES string of the molecule is Cc1nn(-c2ccc(F)cc2)c(C)c1CC(=O)N1CCOCC1C(=O)O. The number of hydrogen-bond donors (Lipinski definition) is 1. The lowest BCUT2D eigenvalue weighted by Crippen LogP contribution is -2.53. The van der Waals surface area contributed by atoms with E-state index in [1.54, 1.807) is 23.7 Å². The Hall–Kier alpha value is -2.74. The van der Waals surface area contributed by atoms with E-state index in [-0.39, 0.29) is 31.3 Å². The highest BCUT2D eigenvalue weighted by molar-refractivity contribution is 5.85. The molecule has 1 aliphatic rings. The van der Waals surface area contributed by atoms with Crippen LogP contribution in [-0.4, -0.2) is 57.5 Å². The number of aromatic nitrogens is 2. The summed E-state index contributed by atoms with van der Waals surface area (Å²) in [5.41, 5.74) is 2.89. The molecular weight excluding hydrogens is 341 g/mol. The topological polar surface area (TPSA) is 84.7 Å². The molecule has 0 radical (unpaired) electrons. The minimum Gasteiger partial charge on any atom is -0.480 e. The van der Waals surface area contributed by atoms with Crippen LogP contribution in [0.25, 0.3) is 5.69 Å². The molecule has 1 atom stereocenters. The first-order valence-electron chi connectivity index (χ1n) is 8.29. The van der Waals surface area contributed by atoms with Gasteiger partial charge >= 0.3 is 5.97 Å². The summed E-state index contributed by atoms with van der Waals surface area (Å²) in [6, 6.07) is 4.96. The maximum atomic E-state index is 13.1. The Kier molecular flexibility index (Phi) is 5.03. The van der Waals surface area contributed by atoms with Gasteiger partial charge in [-0.3, -0.25) is 4.79 Å². The summed E-state index contributed by atoms with van der Waals surface area (Å²) in [6.07, 6.45) is 0.0582. The van der Waals surface area contributed by atoms with Gasteiger partial charge in [-0.2, -0.15) is 5.10 Å². The van der Waals surface area contributed by atoms with E-state index >= 15 is 0 Å². The van der Waals surface area contributed by atoms with Gasteiger partial charge in [-0.15, -0.1) is 0 Å². The largest absolute Gasteiger partial charge is 0.480 e. The third-order valence-corrected chi connectivity index (χ3v) is 4.57. The van der Waals surface area contributed by atoms with Crippen molar-refractivity contribution < 1.29 is 23.8 Å². The Morgan fingerprint density at radius 1 is 1.31 bits per heavy atom. The number of nitrogens with zero attached hydrogens (tertiary/aromatic N) is 3. The monoisotopic (exact) mass is 361 g/mol. The first kappa shape index (κ1) is 18.1. The number of carbonyl (C=O) groups excluding carboxylic acids is 1. The van der Waals surface area contributed by atoms with Crippen LogP contribution >= 0.6 is 0 Å². The zero-order chi connectivity index (χ0) is 18.8. The van der Waals surface area contributed by atoms with Crippen LogP contribution in [0, 0.1) is 19.7 Å². The van der Waals surface area contributed by atoms with Crippen molar-refractivity contribution in [3.8, 4) is 5.69 Å². The number of aliphatic carboxylic acids is 1. The summed E-state index contributed by atoms with van der Waals surface area (Å²) in [7, 11) is 0. The Balaban J connectivity index is 1.84. The van der Waals surface area contributed by atoms with Crippen LogP contribution in [0.15, 0.2) is 24.3 Å². The number of amides is 1. The molecule has 1 aromatic carbocycles. The lowest BCUT2D eigenvalue weighted by molar-refractivity contribution is -0.158. The molecule has 2 heterocycles. The maximum absolute atomic E-state index is 13.1. The van der Waals surface area contributed by atoms with Gasteiger partial charge in [0, 0.05) is 17.8 Å². The molecule has 1 unspecified atom stereocenters. The van der Waals surface area contributed by atoms with Gasteiger partial charge in [-0.1, -0.05) is 0 Å². The molecule has 0 bridgehead atoms. The molecule has 1 amide bonds. The maximum Gasteiger partial charge on any atom is 0.328 e. The molecule has 2 aromatic rings. The smallest absolute Gasteiger partial charge is 0.328 e. The van der Waals surface area contributed by atoms with Crippen LogP contribution in [0.5, 0.6) is 0 Å². The quantitative estimate of drug-likeness (QED) is 0.892.